The van der Waals surface area contributed by atoms with Crippen molar-refractivity contribution in [3.05, 3.63) is 54.1 Å². The summed E-state index contributed by atoms with van der Waals surface area (Å²) in [5.41, 5.74) is 0.595. The van der Waals surface area contributed by atoms with Crippen molar-refractivity contribution in [2.24, 2.45) is 0 Å². The van der Waals surface area contributed by atoms with E-state index in [0.717, 1.165) is 31.9 Å². The first-order valence-corrected chi connectivity index (χ1v) is 14.9. The minimum Gasteiger partial charge on any atom is -0.403 e. The molecule has 3 rings (SSSR count). The van der Waals surface area contributed by atoms with E-state index in [2.05, 4.69) is 15.5 Å². The Morgan fingerprint density at radius 2 is 1.56 bits per heavy atom. The van der Waals surface area contributed by atoms with Crippen LogP contribution < -0.4 is 5.32 Å². The van der Waals surface area contributed by atoms with Gasteiger partial charge in [0.05, 0.1) is 9.79 Å². The average Bonchev–Trinajstić information content (AvgIpc) is 3.32. The molecule has 194 valence electrons. The Hall–Kier alpha value is -3.09. The van der Waals surface area contributed by atoms with Crippen molar-refractivity contribution in [3.8, 4) is 11.5 Å². The Labute approximate surface area is 211 Å². The topological polar surface area (TPSA) is 140 Å². The average molecular weight is 535 g/mol. The van der Waals surface area contributed by atoms with Crippen LogP contribution in [0.2, 0.25) is 0 Å². The lowest BCUT2D eigenvalue weighted by molar-refractivity contribution is 0.102. The fourth-order valence-corrected chi connectivity index (χ4v) is 5.55. The second kappa shape index (κ2) is 11.8. The molecule has 0 spiro atoms. The Morgan fingerprint density at radius 3 is 2.14 bits per heavy atom. The first-order chi connectivity index (χ1) is 17.1. The minimum atomic E-state index is -3.67. The van der Waals surface area contributed by atoms with E-state index >= 15 is 0 Å². The van der Waals surface area contributed by atoms with Crippen LogP contribution in [0.5, 0.6) is 0 Å². The maximum Gasteiger partial charge on any atom is 0.322 e. The number of hydrogen-bond acceptors (Lipinski definition) is 8. The van der Waals surface area contributed by atoms with E-state index in [9.17, 15) is 21.6 Å². The largest absolute Gasteiger partial charge is 0.403 e. The summed E-state index contributed by atoms with van der Waals surface area (Å²) in [5, 5.41) is 10.1. The first kappa shape index (κ1) is 27.5. The highest BCUT2D eigenvalue weighted by Gasteiger charge is 2.24. The van der Waals surface area contributed by atoms with Gasteiger partial charge in [0.25, 0.3) is 5.91 Å². The van der Waals surface area contributed by atoms with Gasteiger partial charge >= 0.3 is 6.01 Å². The van der Waals surface area contributed by atoms with Crippen LogP contribution in [0, 0.1) is 0 Å². The lowest BCUT2D eigenvalue weighted by Gasteiger charge is -2.22. The van der Waals surface area contributed by atoms with Gasteiger partial charge < -0.3 is 4.42 Å². The van der Waals surface area contributed by atoms with Gasteiger partial charge in [0, 0.05) is 30.5 Å². The monoisotopic (exact) mass is 534 g/mol. The highest BCUT2D eigenvalue weighted by atomic mass is 32.2. The van der Waals surface area contributed by atoms with Crippen molar-refractivity contribution in [1.29, 1.82) is 0 Å². The summed E-state index contributed by atoms with van der Waals surface area (Å²) in [7, 11) is -7.09. The SMILES string of the molecule is CCCCN(CCCC)S(=O)(=O)c1ccc(C(=O)Nc2nnc(-c3cccc(S(C)(=O)=O)c3)o2)cc1. The number of aromatic nitrogens is 2. The second-order valence-corrected chi connectivity index (χ2v) is 12.3. The van der Waals surface area contributed by atoms with E-state index in [1.165, 1.54) is 40.7 Å². The van der Waals surface area contributed by atoms with Crippen LogP contribution >= 0.6 is 0 Å². The number of benzene rings is 2. The molecule has 36 heavy (non-hydrogen) atoms. The number of carbonyl (C=O) groups is 1. The quantitative estimate of drug-likeness (QED) is 0.368. The molecule has 1 N–H and O–H groups in total. The van der Waals surface area contributed by atoms with Gasteiger partial charge in [-0.1, -0.05) is 37.9 Å². The molecule has 1 amide bonds. The number of carbonyl (C=O) groups excluding carboxylic acids is 1. The number of hydrogen-bond donors (Lipinski definition) is 1. The molecule has 12 heteroatoms. The summed E-state index contributed by atoms with van der Waals surface area (Å²) in [4.78, 5) is 12.9. The Morgan fingerprint density at radius 1 is 0.917 bits per heavy atom. The second-order valence-electron chi connectivity index (χ2n) is 8.30. The van der Waals surface area contributed by atoms with E-state index < -0.39 is 25.8 Å². The fourth-order valence-electron chi connectivity index (χ4n) is 3.37. The normalized spacial score (nSPS) is 12.1. The number of unbranched alkanes of at least 4 members (excludes halogenated alkanes) is 2. The summed E-state index contributed by atoms with van der Waals surface area (Å²) in [6, 6.07) is 11.5. The third-order valence-electron chi connectivity index (χ3n) is 5.43. The van der Waals surface area contributed by atoms with Crippen LogP contribution in [0.3, 0.4) is 0 Å². The molecule has 0 bridgehead atoms. The number of sulfonamides is 1. The fraction of sp³-hybridized carbons (Fsp3) is 0.375. The highest BCUT2D eigenvalue weighted by Crippen LogP contribution is 2.23. The molecule has 0 fully saturated rings. The molecule has 1 aromatic heterocycles. The molecule has 3 aromatic rings. The van der Waals surface area contributed by atoms with Gasteiger partial charge in [-0.3, -0.25) is 10.1 Å². The van der Waals surface area contributed by atoms with Gasteiger partial charge in [-0.05, 0) is 55.3 Å². The number of rotatable bonds is 12. The zero-order chi connectivity index (χ0) is 26.3. The minimum absolute atomic E-state index is 0.0384. The zero-order valence-corrected chi connectivity index (χ0v) is 22.1. The molecule has 0 saturated carbocycles. The molecule has 0 radical (unpaired) electrons. The van der Waals surface area contributed by atoms with E-state index in [0.29, 0.717) is 18.7 Å². The lowest BCUT2D eigenvalue weighted by Crippen LogP contribution is -2.33. The standard InChI is InChI=1S/C24H30N4O6S2/c1-4-6-15-28(16-7-5-2)36(32,33)20-13-11-18(12-14-20)22(29)25-24-27-26-23(34-24)19-9-8-10-21(17-19)35(3,30)31/h8-14,17H,4-7,15-16H2,1-3H3,(H,25,27,29). The van der Waals surface area contributed by atoms with Crippen molar-refractivity contribution in [2.45, 2.75) is 49.3 Å². The number of nitrogens with zero attached hydrogens (tertiary/aromatic N) is 3. The molecular formula is C24H30N4O6S2. The Balaban J connectivity index is 1.73. The molecule has 10 nitrogen and oxygen atoms in total. The predicted octanol–water partition coefficient (Wildman–Crippen LogP) is 3.98. The third-order valence-corrected chi connectivity index (χ3v) is 8.45. The number of nitrogens with one attached hydrogen (secondary N) is 1. The van der Waals surface area contributed by atoms with Crippen LogP contribution in [-0.4, -0.2) is 56.6 Å². The van der Waals surface area contributed by atoms with Crippen molar-refractivity contribution in [1.82, 2.24) is 14.5 Å². The lowest BCUT2D eigenvalue weighted by atomic mass is 10.2. The first-order valence-electron chi connectivity index (χ1n) is 11.6. The van der Waals surface area contributed by atoms with Gasteiger partial charge in [0.15, 0.2) is 9.84 Å². The van der Waals surface area contributed by atoms with Gasteiger partial charge in [0.1, 0.15) is 0 Å². The van der Waals surface area contributed by atoms with Crippen LogP contribution in [0.25, 0.3) is 11.5 Å². The van der Waals surface area contributed by atoms with Gasteiger partial charge in [-0.15, -0.1) is 5.10 Å². The Kier molecular flexibility index (Phi) is 8.98. The van der Waals surface area contributed by atoms with Crippen LogP contribution in [0.1, 0.15) is 49.9 Å². The van der Waals surface area contributed by atoms with Crippen LogP contribution in [0.15, 0.2) is 62.7 Å². The molecule has 1 heterocycles. The van der Waals surface area contributed by atoms with Crippen molar-refractivity contribution < 1.29 is 26.0 Å². The van der Waals surface area contributed by atoms with E-state index in [1.54, 1.807) is 12.1 Å². The molecule has 0 saturated heterocycles. The molecule has 0 atom stereocenters. The molecule has 0 unspecified atom stereocenters. The summed E-state index contributed by atoms with van der Waals surface area (Å²) < 4.78 is 56.7. The summed E-state index contributed by atoms with van der Waals surface area (Å²) >= 11 is 0. The smallest absolute Gasteiger partial charge is 0.322 e. The predicted molar refractivity (Wildman–Crippen MR) is 136 cm³/mol. The molecule has 0 aliphatic heterocycles. The summed E-state index contributed by atoms with van der Waals surface area (Å²) in [6.45, 7) is 4.93. The summed E-state index contributed by atoms with van der Waals surface area (Å²) in [5.74, 6) is -0.524. The maximum absolute atomic E-state index is 13.1. The maximum atomic E-state index is 13.1. The zero-order valence-electron chi connectivity index (χ0n) is 20.5. The van der Waals surface area contributed by atoms with Gasteiger partial charge in [0.2, 0.25) is 15.9 Å². The van der Waals surface area contributed by atoms with E-state index in [4.69, 9.17) is 4.42 Å². The van der Waals surface area contributed by atoms with Crippen molar-refractivity contribution in [2.75, 3.05) is 24.7 Å². The van der Waals surface area contributed by atoms with Crippen molar-refractivity contribution >= 4 is 31.8 Å². The molecular weight excluding hydrogens is 504 g/mol. The number of anilines is 1. The summed E-state index contributed by atoms with van der Waals surface area (Å²) in [6.07, 6.45) is 4.41. The molecule has 0 aliphatic carbocycles. The Bertz CT molecular complexity index is 1390. The van der Waals surface area contributed by atoms with Crippen LogP contribution in [0.4, 0.5) is 6.01 Å². The van der Waals surface area contributed by atoms with Crippen LogP contribution in [-0.2, 0) is 19.9 Å². The highest BCUT2D eigenvalue weighted by molar-refractivity contribution is 7.90. The molecule has 2 aromatic carbocycles. The van der Waals surface area contributed by atoms with Crippen molar-refractivity contribution in [3.63, 3.8) is 0 Å². The number of amides is 1. The number of sulfone groups is 1. The van der Waals surface area contributed by atoms with E-state index in [1.807, 2.05) is 13.8 Å². The van der Waals surface area contributed by atoms with E-state index in [-0.39, 0.29) is 27.3 Å². The van der Waals surface area contributed by atoms with Gasteiger partial charge in [-0.2, -0.15) is 4.31 Å². The third kappa shape index (κ3) is 6.77. The van der Waals surface area contributed by atoms with Gasteiger partial charge in [-0.25, -0.2) is 16.8 Å². The molecule has 0 aliphatic rings.